The summed E-state index contributed by atoms with van der Waals surface area (Å²) in [7, 11) is 1.36. The van der Waals surface area contributed by atoms with Crippen LogP contribution in [0.4, 0.5) is 15.1 Å². The number of benzene rings is 1. The minimum absolute atomic E-state index is 0.0489. The summed E-state index contributed by atoms with van der Waals surface area (Å²) in [6.07, 6.45) is 4.85. The molecule has 3 rings (SSSR count). The number of aromatic hydroxyl groups is 1. The van der Waals surface area contributed by atoms with E-state index in [-0.39, 0.29) is 33.2 Å². The first-order valence-electron chi connectivity index (χ1n) is 7.89. The highest BCUT2D eigenvalue weighted by molar-refractivity contribution is 9.10. The Hall–Kier alpha value is -2.66. The van der Waals surface area contributed by atoms with Gasteiger partial charge in [-0.2, -0.15) is 0 Å². The fourth-order valence-corrected chi connectivity index (χ4v) is 3.52. The fraction of sp³-hybridized carbons (Fsp3) is 0.176. The first kappa shape index (κ1) is 20.1. The van der Waals surface area contributed by atoms with Crippen molar-refractivity contribution in [1.82, 2.24) is 14.9 Å². The Morgan fingerprint density at radius 3 is 2.68 bits per heavy atom. The number of phenolic OH excluding ortho intramolecular Hbond substituents is 1. The van der Waals surface area contributed by atoms with Crippen molar-refractivity contribution in [2.75, 3.05) is 19.4 Å². The van der Waals surface area contributed by atoms with Crippen molar-refractivity contribution in [3.05, 3.63) is 44.8 Å². The maximum Gasteiger partial charge on any atom is 0.293 e. The normalized spacial score (nSPS) is 15.5. The summed E-state index contributed by atoms with van der Waals surface area (Å²) >= 11 is 3.80. The summed E-state index contributed by atoms with van der Waals surface area (Å²) in [6, 6.07) is 1.38. The van der Waals surface area contributed by atoms with Crippen LogP contribution in [-0.4, -0.2) is 44.8 Å². The monoisotopic (exact) mass is 468 g/mol. The molecule has 0 atom stereocenters. The van der Waals surface area contributed by atoms with Crippen LogP contribution in [0.3, 0.4) is 0 Å². The molecule has 146 valence electrons. The molecule has 2 heterocycles. The van der Waals surface area contributed by atoms with Crippen molar-refractivity contribution in [2.45, 2.75) is 6.42 Å². The molecule has 1 aromatic heterocycles. The number of aromatic nitrogens is 2. The van der Waals surface area contributed by atoms with Crippen molar-refractivity contribution in [1.29, 1.82) is 0 Å². The summed E-state index contributed by atoms with van der Waals surface area (Å²) < 4.78 is 19.8. The van der Waals surface area contributed by atoms with Crippen molar-refractivity contribution in [3.8, 4) is 11.5 Å². The Balaban J connectivity index is 1.81. The average Bonchev–Trinajstić information content (AvgIpc) is 2.91. The van der Waals surface area contributed by atoms with Gasteiger partial charge in [0.15, 0.2) is 17.3 Å². The van der Waals surface area contributed by atoms with Gasteiger partial charge in [-0.3, -0.25) is 14.5 Å². The summed E-state index contributed by atoms with van der Waals surface area (Å²) in [5, 5.41) is 9.58. The van der Waals surface area contributed by atoms with Crippen LogP contribution in [0, 0.1) is 5.82 Å². The number of nitrogens with two attached hydrogens (primary N) is 1. The number of nitrogens with zero attached hydrogens (tertiary/aromatic N) is 3. The number of anilines is 1. The molecule has 0 aliphatic carbocycles. The maximum absolute atomic E-state index is 14.4. The SMILES string of the molecule is CN1C(=O)S/C(=C\c2cc(OCCc3cnc(N)nc3)c(O)c(F)c2Br)C1=O. The molecule has 0 spiro atoms. The van der Waals surface area contributed by atoms with E-state index in [9.17, 15) is 19.1 Å². The van der Waals surface area contributed by atoms with Gasteiger partial charge in [-0.05, 0) is 51.0 Å². The minimum atomic E-state index is -0.935. The van der Waals surface area contributed by atoms with Gasteiger partial charge in [0.1, 0.15) is 0 Å². The average molecular weight is 469 g/mol. The predicted molar refractivity (Wildman–Crippen MR) is 105 cm³/mol. The number of carbonyl (C=O) groups excluding carboxylic acids is 2. The van der Waals surface area contributed by atoms with Crippen molar-refractivity contribution in [2.24, 2.45) is 0 Å². The summed E-state index contributed by atoms with van der Waals surface area (Å²) in [6.45, 7) is 0.118. The standard InChI is InChI=1S/C17H14BrFN4O4S/c1-23-15(25)11(28-17(23)26)5-9-4-10(14(24)13(19)12(9)18)27-3-2-8-6-21-16(20)22-7-8/h4-7,24H,2-3H2,1H3,(H2,20,21,22)/b11-5-. The molecule has 28 heavy (non-hydrogen) atoms. The molecular weight excluding hydrogens is 455 g/mol. The first-order chi connectivity index (χ1) is 13.3. The molecule has 3 N–H and O–H groups in total. The topological polar surface area (TPSA) is 119 Å². The molecule has 2 amide bonds. The number of hydrogen-bond acceptors (Lipinski definition) is 8. The third-order valence-corrected chi connectivity index (χ3v) is 5.59. The third kappa shape index (κ3) is 4.09. The molecule has 1 aliphatic heterocycles. The van der Waals surface area contributed by atoms with E-state index in [0.717, 1.165) is 22.2 Å². The van der Waals surface area contributed by atoms with Gasteiger partial charge in [0, 0.05) is 25.9 Å². The molecule has 8 nitrogen and oxygen atoms in total. The summed E-state index contributed by atoms with van der Waals surface area (Å²) in [5.41, 5.74) is 6.42. The van der Waals surface area contributed by atoms with Gasteiger partial charge in [-0.15, -0.1) is 0 Å². The third-order valence-electron chi connectivity index (χ3n) is 3.82. The second-order valence-corrected chi connectivity index (χ2v) is 7.52. The van der Waals surface area contributed by atoms with E-state index in [1.807, 2.05) is 0 Å². The Kier molecular flexibility index (Phi) is 5.84. The molecule has 1 aromatic carbocycles. The number of rotatable bonds is 5. The zero-order valence-electron chi connectivity index (χ0n) is 14.5. The molecule has 1 aliphatic rings. The highest BCUT2D eigenvalue weighted by Gasteiger charge is 2.32. The number of amides is 2. The van der Waals surface area contributed by atoms with Crippen LogP contribution >= 0.6 is 27.7 Å². The Morgan fingerprint density at radius 1 is 1.39 bits per heavy atom. The lowest BCUT2D eigenvalue weighted by Crippen LogP contribution is -2.22. The molecule has 0 bridgehead atoms. The fourth-order valence-electron chi connectivity index (χ4n) is 2.29. The van der Waals surface area contributed by atoms with Gasteiger partial charge in [-0.1, -0.05) is 0 Å². The number of likely N-dealkylation sites (N-methyl/N-ethyl adjacent to an activating group) is 1. The molecule has 0 saturated carbocycles. The van der Waals surface area contributed by atoms with E-state index in [1.54, 1.807) is 12.4 Å². The Morgan fingerprint density at radius 2 is 2.07 bits per heavy atom. The molecule has 1 saturated heterocycles. The maximum atomic E-state index is 14.4. The summed E-state index contributed by atoms with van der Waals surface area (Å²) in [4.78, 5) is 32.5. The predicted octanol–water partition coefficient (Wildman–Crippen LogP) is 2.95. The molecule has 1 fully saturated rings. The second-order valence-electron chi connectivity index (χ2n) is 5.73. The lowest BCUT2D eigenvalue weighted by molar-refractivity contribution is -0.121. The lowest BCUT2D eigenvalue weighted by atomic mass is 10.1. The Bertz CT molecular complexity index is 984. The van der Waals surface area contributed by atoms with Gasteiger partial charge in [0.25, 0.3) is 11.1 Å². The smallest absolute Gasteiger partial charge is 0.293 e. The van der Waals surface area contributed by atoms with Crippen molar-refractivity contribution >= 4 is 50.9 Å². The zero-order chi connectivity index (χ0) is 20.4. The molecule has 11 heteroatoms. The number of thioether (sulfide) groups is 1. The van der Waals surface area contributed by atoms with E-state index >= 15 is 0 Å². The first-order valence-corrected chi connectivity index (χ1v) is 9.50. The van der Waals surface area contributed by atoms with Crippen LogP contribution in [0.25, 0.3) is 6.08 Å². The van der Waals surface area contributed by atoms with Crippen LogP contribution in [0.15, 0.2) is 27.8 Å². The van der Waals surface area contributed by atoms with E-state index in [1.165, 1.54) is 19.2 Å². The molecule has 0 radical (unpaired) electrons. The van der Waals surface area contributed by atoms with Crippen LogP contribution in [0.2, 0.25) is 0 Å². The van der Waals surface area contributed by atoms with Crippen LogP contribution in [-0.2, 0) is 11.2 Å². The number of phenols is 1. The highest BCUT2D eigenvalue weighted by atomic mass is 79.9. The van der Waals surface area contributed by atoms with E-state index in [2.05, 4.69) is 25.9 Å². The number of hydrogen-bond donors (Lipinski definition) is 2. The van der Waals surface area contributed by atoms with Crippen LogP contribution in [0.1, 0.15) is 11.1 Å². The molecule has 0 unspecified atom stereocenters. The number of ether oxygens (including phenoxy) is 1. The number of nitrogen functional groups attached to an aromatic ring is 1. The lowest BCUT2D eigenvalue weighted by Gasteiger charge is -2.12. The largest absolute Gasteiger partial charge is 0.502 e. The van der Waals surface area contributed by atoms with Gasteiger partial charge in [0.2, 0.25) is 5.95 Å². The highest BCUT2D eigenvalue weighted by Crippen LogP contribution is 2.39. The summed E-state index contributed by atoms with van der Waals surface area (Å²) in [5.74, 6) is -2.03. The van der Waals surface area contributed by atoms with E-state index in [0.29, 0.717) is 6.42 Å². The Labute approximate surface area is 171 Å². The quantitative estimate of drug-likeness (QED) is 0.642. The van der Waals surface area contributed by atoms with Gasteiger partial charge in [-0.25, -0.2) is 14.4 Å². The number of halogens is 2. The zero-order valence-corrected chi connectivity index (χ0v) is 16.9. The van der Waals surface area contributed by atoms with Crippen LogP contribution < -0.4 is 10.5 Å². The van der Waals surface area contributed by atoms with Gasteiger partial charge < -0.3 is 15.6 Å². The molecular formula is C17H14BrFN4O4S. The second kappa shape index (κ2) is 8.15. The molecule has 2 aromatic rings. The van der Waals surface area contributed by atoms with Crippen molar-refractivity contribution < 1.29 is 23.8 Å². The number of carbonyl (C=O) groups is 2. The van der Waals surface area contributed by atoms with Crippen molar-refractivity contribution in [3.63, 3.8) is 0 Å². The van der Waals surface area contributed by atoms with Gasteiger partial charge in [0.05, 0.1) is 16.0 Å². The minimum Gasteiger partial charge on any atom is -0.502 e. The number of imide groups is 1. The van der Waals surface area contributed by atoms with Gasteiger partial charge >= 0.3 is 0 Å². The van der Waals surface area contributed by atoms with Crippen LogP contribution in [0.5, 0.6) is 11.5 Å². The van der Waals surface area contributed by atoms with E-state index in [4.69, 9.17) is 10.5 Å². The van der Waals surface area contributed by atoms with E-state index < -0.39 is 22.7 Å².